The van der Waals surface area contributed by atoms with Gasteiger partial charge in [0.1, 0.15) is 11.9 Å². The molecule has 0 radical (unpaired) electrons. The molecule has 0 saturated carbocycles. The number of fused-ring (bicyclic) bond motifs is 1. The minimum Gasteiger partial charge on any atom is -0.296 e. The van der Waals surface area contributed by atoms with Crippen LogP contribution >= 0.6 is 0 Å². The molecule has 1 fully saturated rings. The molecule has 0 bridgehead atoms. The first-order valence-corrected chi connectivity index (χ1v) is 11.0. The number of amides is 1. The summed E-state index contributed by atoms with van der Waals surface area (Å²) in [6, 6.07) is 8.90. The largest absolute Gasteiger partial charge is 0.296 e. The molecule has 1 aliphatic heterocycles. The lowest BCUT2D eigenvalue weighted by atomic mass is 10.1. The molecule has 0 unspecified atom stereocenters. The standard InChI is InChI=1S/C19H24N4O3S/c1-2-23-18(9-10-20-23)22-11-5-8-17(19(22)24)21-27(25,26)16-12-14-6-3-4-7-15(14)13-16/h3-4,6-7,9-10,16-17,21H,2,5,8,11-13H2,1H3/t17-/m0/s1. The van der Waals surface area contributed by atoms with Gasteiger partial charge in [-0.3, -0.25) is 9.69 Å². The van der Waals surface area contributed by atoms with Gasteiger partial charge in [0.15, 0.2) is 0 Å². The Kier molecular flexibility index (Phi) is 4.77. The number of piperidine rings is 1. The van der Waals surface area contributed by atoms with Gasteiger partial charge >= 0.3 is 0 Å². The number of carbonyl (C=O) groups excluding carboxylic acids is 1. The van der Waals surface area contributed by atoms with Gasteiger partial charge in [-0.2, -0.15) is 5.10 Å². The Morgan fingerprint density at radius 2 is 1.89 bits per heavy atom. The third-order valence-corrected chi connectivity index (χ3v) is 7.29. The maximum Gasteiger partial charge on any atom is 0.246 e. The van der Waals surface area contributed by atoms with Crippen LogP contribution in [0.5, 0.6) is 0 Å². The lowest BCUT2D eigenvalue weighted by Gasteiger charge is -2.33. The van der Waals surface area contributed by atoms with Crippen LogP contribution < -0.4 is 9.62 Å². The molecule has 1 aliphatic carbocycles. The summed E-state index contributed by atoms with van der Waals surface area (Å²) >= 11 is 0. The second kappa shape index (κ2) is 7.09. The average Bonchev–Trinajstić information content (AvgIpc) is 3.30. The van der Waals surface area contributed by atoms with Crippen LogP contribution in [0.3, 0.4) is 0 Å². The number of anilines is 1. The van der Waals surface area contributed by atoms with E-state index >= 15 is 0 Å². The van der Waals surface area contributed by atoms with Gasteiger partial charge in [-0.25, -0.2) is 17.8 Å². The van der Waals surface area contributed by atoms with Gasteiger partial charge < -0.3 is 0 Å². The predicted molar refractivity (Wildman–Crippen MR) is 103 cm³/mol. The number of rotatable bonds is 5. The summed E-state index contributed by atoms with van der Waals surface area (Å²) < 4.78 is 30.3. The summed E-state index contributed by atoms with van der Waals surface area (Å²) in [6.45, 7) is 3.20. The molecule has 2 heterocycles. The molecule has 1 atom stereocenters. The fraction of sp³-hybridized carbons (Fsp3) is 0.474. The minimum atomic E-state index is -3.59. The lowest BCUT2D eigenvalue weighted by Crippen LogP contribution is -2.54. The van der Waals surface area contributed by atoms with E-state index in [1.165, 1.54) is 0 Å². The molecule has 4 rings (SSSR count). The zero-order chi connectivity index (χ0) is 19.0. The number of aromatic nitrogens is 2. The summed E-state index contributed by atoms with van der Waals surface area (Å²) in [7, 11) is -3.59. The van der Waals surface area contributed by atoms with E-state index in [9.17, 15) is 13.2 Å². The molecule has 8 heteroatoms. The second-order valence-corrected chi connectivity index (χ2v) is 9.14. The number of benzene rings is 1. The van der Waals surface area contributed by atoms with E-state index in [-0.39, 0.29) is 5.91 Å². The van der Waals surface area contributed by atoms with Crippen LogP contribution in [-0.4, -0.2) is 41.9 Å². The van der Waals surface area contributed by atoms with Gasteiger partial charge in [0.2, 0.25) is 15.9 Å². The Morgan fingerprint density at radius 3 is 2.56 bits per heavy atom. The molecular weight excluding hydrogens is 364 g/mol. The van der Waals surface area contributed by atoms with Crippen LogP contribution in [0, 0.1) is 0 Å². The molecule has 0 spiro atoms. The number of hydrogen-bond acceptors (Lipinski definition) is 4. The van der Waals surface area contributed by atoms with Crippen molar-refractivity contribution in [2.45, 2.75) is 50.4 Å². The van der Waals surface area contributed by atoms with Crippen LogP contribution in [0.25, 0.3) is 0 Å². The summed E-state index contributed by atoms with van der Waals surface area (Å²) in [4.78, 5) is 14.6. The van der Waals surface area contributed by atoms with E-state index in [2.05, 4.69) is 9.82 Å². The quantitative estimate of drug-likeness (QED) is 0.841. The number of aryl methyl sites for hydroxylation is 1. The summed E-state index contributed by atoms with van der Waals surface area (Å²) in [5, 5.41) is 3.70. The zero-order valence-electron chi connectivity index (χ0n) is 15.3. The van der Waals surface area contributed by atoms with Crippen molar-refractivity contribution < 1.29 is 13.2 Å². The van der Waals surface area contributed by atoms with E-state index in [0.29, 0.717) is 32.4 Å². The Bertz CT molecular complexity index is 928. The molecule has 27 heavy (non-hydrogen) atoms. The maximum atomic E-state index is 13.0. The van der Waals surface area contributed by atoms with Crippen molar-refractivity contribution in [2.24, 2.45) is 0 Å². The van der Waals surface area contributed by atoms with Crippen LogP contribution in [0.4, 0.5) is 5.82 Å². The summed E-state index contributed by atoms with van der Waals surface area (Å²) in [5.74, 6) is 0.523. The summed E-state index contributed by atoms with van der Waals surface area (Å²) in [5.41, 5.74) is 2.16. The van der Waals surface area contributed by atoms with Crippen molar-refractivity contribution in [3.05, 3.63) is 47.7 Å². The van der Waals surface area contributed by atoms with E-state index in [1.807, 2.05) is 31.2 Å². The van der Waals surface area contributed by atoms with Crippen molar-refractivity contribution in [2.75, 3.05) is 11.4 Å². The van der Waals surface area contributed by atoms with Crippen molar-refractivity contribution >= 4 is 21.7 Å². The van der Waals surface area contributed by atoms with E-state index < -0.39 is 21.3 Å². The first-order valence-electron chi connectivity index (χ1n) is 9.40. The Labute approximate surface area is 159 Å². The first-order chi connectivity index (χ1) is 13.0. The van der Waals surface area contributed by atoms with Gasteiger partial charge in [-0.05, 0) is 43.7 Å². The molecule has 7 nitrogen and oxygen atoms in total. The van der Waals surface area contributed by atoms with Crippen molar-refractivity contribution in [1.29, 1.82) is 0 Å². The number of nitrogens with zero attached hydrogens (tertiary/aromatic N) is 3. The van der Waals surface area contributed by atoms with E-state index in [4.69, 9.17) is 0 Å². The van der Waals surface area contributed by atoms with Gasteiger partial charge in [0, 0.05) is 19.2 Å². The Hall–Kier alpha value is -2.19. The number of sulfonamides is 1. The van der Waals surface area contributed by atoms with Crippen LogP contribution in [-0.2, 0) is 34.2 Å². The maximum absolute atomic E-state index is 13.0. The highest BCUT2D eigenvalue weighted by Crippen LogP contribution is 2.27. The molecule has 1 N–H and O–H groups in total. The number of carbonyl (C=O) groups is 1. The van der Waals surface area contributed by atoms with Crippen LogP contribution in [0.1, 0.15) is 30.9 Å². The summed E-state index contributed by atoms with van der Waals surface area (Å²) in [6.07, 6.45) is 3.93. The highest BCUT2D eigenvalue weighted by molar-refractivity contribution is 7.90. The highest BCUT2D eigenvalue weighted by Gasteiger charge is 2.38. The molecule has 1 saturated heterocycles. The van der Waals surface area contributed by atoms with Crippen molar-refractivity contribution in [1.82, 2.24) is 14.5 Å². The lowest BCUT2D eigenvalue weighted by molar-refractivity contribution is -0.121. The number of hydrogen-bond donors (Lipinski definition) is 1. The predicted octanol–water partition coefficient (Wildman–Crippen LogP) is 1.49. The van der Waals surface area contributed by atoms with Crippen molar-refractivity contribution in [3.63, 3.8) is 0 Å². The normalized spacial score (nSPS) is 20.9. The Balaban J connectivity index is 1.50. The zero-order valence-corrected chi connectivity index (χ0v) is 16.2. The molecule has 2 aromatic rings. The van der Waals surface area contributed by atoms with Gasteiger partial charge in [-0.15, -0.1) is 0 Å². The molecule has 2 aliphatic rings. The third-order valence-electron chi connectivity index (χ3n) is 5.47. The van der Waals surface area contributed by atoms with Gasteiger partial charge in [0.25, 0.3) is 0 Å². The fourth-order valence-corrected chi connectivity index (χ4v) is 5.65. The Morgan fingerprint density at radius 1 is 1.19 bits per heavy atom. The van der Waals surface area contributed by atoms with Crippen molar-refractivity contribution in [3.8, 4) is 0 Å². The number of nitrogens with one attached hydrogen (secondary N) is 1. The molecule has 1 amide bonds. The highest BCUT2D eigenvalue weighted by atomic mass is 32.2. The monoisotopic (exact) mass is 388 g/mol. The molecular formula is C19H24N4O3S. The molecule has 1 aromatic heterocycles. The van der Waals surface area contributed by atoms with Crippen LogP contribution in [0.2, 0.25) is 0 Å². The first kappa shape index (κ1) is 18.2. The average molecular weight is 388 g/mol. The van der Waals surface area contributed by atoms with E-state index in [1.54, 1.807) is 21.8 Å². The second-order valence-electron chi connectivity index (χ2n) is 7.15. The third kappa shape index (κ3) is 3.39. The molecule has 144 valence electrons. The smallest absolute Gasteiger partial charge is 0.246 e. The van der Waals surface area contributed by atoms with Crippen LogP contribution in [0.15, 0.2) is 36.5 Å². The fourth-order valence-electron chi connectivity index (χ4n) is 4.04. The SMILES string of the molecule is CCn1nccc1N1CCC[C@H](NS(=O)(=O)C2Cc3ccccc3C2)C1=O. The van der Waals surface area contributed by atoms with Gasteiger partial charge in [0.05, 0.1) is 11.4 Å². The topological polar surface area (TPSA) is 84.3 Å². The minimum absolute atomic E-state index is 0.199. The van der Waals surface area contributed by atoms with E-state index in [0.717, 1.165) is 23.4 Å². The molecule has 1 aromatic carbocycles. The van der Waals surface area contributed by atoms with Gasteiger partial charge in [-0.1, -0.05) is 24.3 Å².